The van der Waals surface area contributed by atoms with Gasteiger partial charge in [-0.2, -0.15) is 0 Å². The summed E-state index contributed by atoms with van der Waals surface area (Å²) in [6.45, 7) is 10.8. The summed E-state index contributed by atoms with van der Waals surface area (Å²) in [6.07, 6.45) is 8.67. The van der Waals surface area contributed by atoms with E-state index in [1.165, 1.54) is 14.0 Å². The molecule has 5 atom stereocenters. The third kappa shape index (κ3) is 12.2. The first-order valence-corrected chi connectivity index (χ1v) is 14.8. The average Bonchev–Trinajstić information content (AvgIpc) is 3.20. The number of carbonyl (C=O) groups excluding carboxylic acids is 5. The summed E-state index contributed by atoms with van der Waals surface area (Å²) >= 11 is 0. The molecule has 41 heavy (non-hydrogen) atoms. The molecule has 0 amide bonds. The molecule has 0 bridgehead atoms. The first kappa shape index (κ1) is 36.0. The predicted molar refractivity (Wildman–Crippen MR) is 154 cm³/mol. The molecule has 10 heteroatoms. The number of carbonyl (C=O) groups is 5. The fourth-order valence-corrected chi connectivity index (χ4v) is 5.21. The summed E-state index contributed by atoms with van der Waals surface area (Å²) in [4.78, 5) is 67.7. The van der Waals surface area contributed by atoms with Gasteiger partial charge in [0.25, 0.3) is 0 Å². The highest BCUT2D eigenvalue weighted by atomic mass is 16.6. The summed E-state index contributed by atoms with van der Waals surface area (Å²) in [7, 11) is 1.31. The standard InChI is InChI=1S/C31H49NO9/c1-8-11-12-13-22(41-21(6)33)14-15-23-24(16-17-32-26(18-20(4)5)29(35)38-7)27(34)19-25(23)28(30(36)39-9-2)31(37)40-10-3/h14-15,17,20,22-26,28H,8-13,16,18-19H2,1-7H3/b15-14+,32-17?/t22-,23+,24+,25-,26-/m0/s1. The normalized spacial score (nSPS) is 20.5. The minimum absolute atomic E-state index is 0.0314. The second-order valence-electron chi connectivity index (χ2n) is 10.8. The Labute approximate surface area is 244 Å². The molecule has 1 saturated carbocycles. The minimum atomic E-state index is -1.29. The van der Waals surface area contributed by atoms with Crippen LogP contribution < -0.4 is 0 Å². The van der Waals surface area contributed by atoms with E-state index in [-0.39, 0.29) is 37.8 Å². The second-order valence-corrected chi connectivity index (χ2v) is 10.8. The molecule has 1 fully saturated rings. The number of ether oxygens (including phenoxy) is 4. The van der Waals surface area contributed by atoms with E-state index in [1.54, 1.807) is 32.2 Å². The number of allylic oxidation sites excluding steroid dienone is 1. The van der Waals surface area contributed by atoms with Crippen molar-refractivity contribution in [3.8, 4) is 0 Å². The number of aliphatic imine (C=N–C) groups is 1. The second kappa shape index (κ2) is 19.1. The smallest absolute Gasteiger partial charge is 0.330 e. The molecule has 0 N–H and O–H groups in total. The highest BCUT2D eigenvalue weighted by molar-refractivity contribution is 5.97. The number of hydrogen-bond acceptors (Lipinski definition) is 10. The summed E-state index contributed by atoms with van der Waals surface area (Å²) in [5.41, 5.74) is 0. The van der Waals surface area contributed by atoms with Gasteiger partial charge in [-0.05, 0) is 63.4 Å². The Balaban J connectivity index is 3.45. The van der Waals surface area contributed by atoms with E-state index in [4.69, 9.17) is 18.9 Å². The Morgan fingerprint density at radius 3 is 2.15 bits per heavy atom. The maximum atomic E-state index is 13.4. The Hall–Kier alpha value is -3.04. The van der Waals surface area contributed by atoms with E-state index >= 15 is 0 Å². The SMILES string of the molecule is CCCCC[C@@H](/C=C/[C@H]1[C@@H](C(C(=O)OCC)C(=O)OCC)CC(=O)[C@@H]1CC=N[C@@H](CC(C)C)C(=O)OC)OC(C)=O. The van der Waals surface area contributed by atoms with Crippen LogP contribution in [0, 0.1) is 29.6 Å². The zero-order valence-corrected chi connectivity index (χ0v) is 25.8. The van der Waals surface area contributed by atoms with Crippen LogP contribution in [-0.2, 0) is 42.9 Å². The van der Waals surface area contributed by atoms with Gasteiger partial charge in [-0.3, -0.25) is 24.2 Å². The van der Waals surface area contributed by atoms with Gasteiger partial charge in [0.05, 0.1) is 20.3 Å². The van der Waals surface area contributed by atoms with Crippen molar-refractivity contribution in [3.05, 3.63) is 12.2 Å². The molecule has 232 valence electrons. The zero-order valence-electron chi connectivity index (χ0n) is 25.8. The van der Waals surface area contributed by atoms with Crippen molar-refractivity contribution < 1.29 is 42.9 Å². The van der Waals surface area contributed by atoms with Crippen LogP contribution in [0.25, 0.3) is 0 Å². The van der Waals surface area contributed by atoms with Gasteiger partial charge in [0.15, 0.2) is 5.92 Å². The molecule has 1 rings (SSSR count). The number of rotatable bonds is 18. The molecule has 10 nitrogen and oxygen atoms in total. The van der Waals surface area contributed by atoms with E-state index in [1.807, 2.05) is 13.8 Å². The molecular weight excluding hydrogens is 530 g/mol. The topological polar surface area (TPSA) is 135 Å². The van der Waals surface area contributed by atoms with Gasteiger partial charge in [-0.1, -0.05) is 39.7 Å². The van der Waals surface area contributed by atoms with Gasteiger partial charge in [0, 0.05) is 25.5 Å². The van der Waals surface area contributed by atoms with Crippen molar-refractivity contribution in [1.29, 1.82) is 0 Å². The van der Waals surface area contributed by atoms with Crippen molar-refractivity contribution in [2.45, 2.75) is 98.6 Å². The number of hydrogen-bond donors (Lipinski definition) is 0. The lowest BCUT2D eigenvalue weighted by Gasteiger charge is -2.26. The van der Waals surface area contributed by atoms with Crippen LogP contribution in [-0.4, -0.2) is 68.3 Å². The van der Waals surface area contributed by atoms with E-state index in [2.05, 4.69) is 11.9 Å². The molecule has 0 heterocycles. The summed E-state index contributed by atoms with van der Waals surface area (Å²) in [5.74, 6) is -5.46. The third-order valence-corrected chi connectivity index (χ3v) is 7.09. The van der Waals surface area contributed by atoms with E-state index in [0.29, 0.717) is 12.8 Å². The molecule has 0 aromatic heterocycles. The van der Waals surface area contributed by atoms with Crippen molar-refractivity contribution in [2.75, 3.05) is 20.3 Å². The average molecular weight is 580 g/mol. The summed E-state index contributed by atoms with van der Waals surface area (Å²) in [5, 5.41) is 0. The van der Waals surface area contributed by atoms with Gasteiger partial charge < -0.3 is 18.9 Å². The van der Waals surface area contributed by atoms with Crippen molar-refractivity contribution in [2.24, 2.45) is 34.6 Å². The summed E-state index contributed by atoms with van der Waals surface area (Å²) < 4.78 is 20.8. The lowest BCUT2D eigenvalue weighted by molar-refractivity contribution is -0.165. The number of unbranched alkanes of at least 4 members (excludes halogenated alkanes) is 2. The van der Waals surface area contributed by atoms with Gasteiger partial charge in [-0.15, -0.1) is 0 Å². The maximum absolute atomic E-state index is 13.4. The largest absolute Gasteiger partial charge is 0.467 e. The number of ketones is 1. The third-order valence-electron chi connectivity index (χ3n) is 7.09. The molecule has 0 saturated heterocycles. The molecule has 0 radical (unpaired) electrons. The Bertz CT molecular complexity index is 909. The molecule has 0 spiro atoms. The quantitative estimate of drug-likeness (QED) is 0.0567. The van der Waals surface area contributed by atoms with E-state index < -0.39 is 59.7 Å². The number of nitrogens with zero attached hydrogens (tertiary/aromatic N) is 1. The Kier molecular flexibility index (Phi) is 16.8. The lowest BCUT2D eigenvalue weighted by Crippen LogP contribution is -2.36. The fourth-order valence-electron chi connectivity index (χ4n) is 5.21. The molecule has 0 unspecified atom stereocenters. The first-order valence-electron chi connectivity index (χ1n) is 14.8. The lowest BCUT2D eigenvalue weighted by atomic mass is 9.79. The van der Waals surface area contributed by atoms with Gasteiger partial charge in [-0.25, -0.2) is 4.79 Å². The van der Waals surface area contributed by atoms with Crippen LogP contribution >= 0.6 is 0 Å². The maximum Gasteiger partial charge on any atom is 0.330 e. The number of methoxy groups -OCH3 is 1. The van der Waals surface area contributed by atoms with Gasteiger partial charge >= 0.3 is 23.9 Å². The Morgan fingerprint density at radius 1 is 1.00 bits per heavy atom. The molecular formula is C31H49NO9. The van der Waals surface area contributed by atoms with Crippen LogP contribution in [0.1, 0.15) is 86.5 Å². The molecule has 0 aromatic carbocycles. The number of esters is 4. The molecule has 1 aliphatic rings. The number of Topliss-reactive ketones (excluding diaryl/α,β-unsaturated/α-hetero) is 1. The van der Waals surface area contributed by atoms with Crippen LogP contribution in [0.4, 0.5) is 0 Å². The van der Waals surface area contributed by atoms with Gasteiger partial charge in [0.2, 0.25) is 0 Å². The highest BCUT2D eigenvalue weighted by Gasteiger charge is 2.50. The van der Waals surface area contributed by atoms with Crippen LogP contribution in [0.15, 0.2) is 17.1 Å². The highest BCUT2D eigenvalue weighted by Crippen LogP contribution is 2.42. The van der Waals surface area contributed by atoms with Crippen molar-refractivity contribution >= 4 is 35.9 Å². The van der Waals surface area contributed by atoms with E-state index in [9.17, 15) is 24.0 Å². The molecule has 1 aliphatic carbocycles. The monoisotopic (exact) mass is 579 g/mol. The van der Waals surface area contributed by atoms with Crippen molar-refractivity contribution in [1.82, 2.24) is 0 Å². The van der Waals surface area contributed by atoms with Crippen LogP contribution in [0.2, 0.25) is 0 Å². The molecule has 0 aromatic rings. The minimum Gasteiger partial charge on any atom is -0.467 e. The van der Waals surface area contributed by atoms with Crippen LogP contribution in [0.3, 0.4) is 0 Å². The zero-order chi connectivity index (χ0) is 30.9. The van der Waals surface area contributed by atoms with Crippen LogP contribution in [0.5, 0.6) is 0 Å². The predicted octanol–water partition coefficient (Wildman–Crippen LogP) is 4.67. The van der Waals surface area contributed by atoms with Crippen molar-refractivity contribution in [3.63, 3.8) is 0 Å². The first-order chi connectivity index (χ1) is 19.5. The summed E-state index contributed by atoms with van der Waals surface area (Å²) in [6, 6.07) is -0.694. The van der Waals surface area contributed by atoms with E-state index in [0.717, 1.165) is 19.3 Å². The molecule has 0 aliphatic heterocycles. The Morgan fingerprint density at radius 2 is 1.63 bits per heavy atom. The van der Waals surface area contributed by atoms with Gasteiger partial charge in [0.1, 0.15) is 17.9 Å². The fraction of sp³-hybridized carbons (Fsp3) is 0.742.